The largest absolute Gasteiger partial charge is 0.455 e. The van der Waals surface area contributed by atoms with Crippen LogP contribution in [-0.2, 0) is 35.2 Å². The summed E-state index contributed by atoms with van der Waals surface area (Å²) in [5.41, 5.74) is 2.09. The summed E-state index contributed by atoms with van der Waals surface area (Å²) in [6.07, 6.45) is -1.73. The van der Waals surface area contributed by atoms with Gasteiger partial charge in [0.1, 0.15) is 12.2 Å². The summed E-state index contributed by atoms with van der Waals surface area (Å²) in [6, 6.07) is 5.48. The van der Waals surface area contributed by atoms with Gasteiger partial charge in [0.2, 0.25) is 0 Å². The number of carbonyl (C=O) groups is 1. The van der Waals surface area contributed by atoms with Crippen molar-refractivity contribution in [1.82, 2.24) is 4.98 Å². The lowest BCUT2D eigenvalue weighted by molar-refractivity contribution is -0.167. The van der Waals surface area contributed by atoms with Gasteiger partial charge >= 0.3 is 12.1 Å². The van der Waals surface area contributed by atoms with Crippen molar-refractivity contribution in [2.75, 3.05) is 13.2 Å². The first-order valence-electron chi connectivity index (χ1n) is 17.1. The molecule has 0 radical (unpaired) electrons. The minimum absolute atomic E-state index is 0.0789. The fourth-order valence-electron chi connectivity index (χ4n) is 8.03. The van der Waals surface area contributed by atoms with Gasteiger partial charge in [-0.3, -0.25) is 9.78 Å². The summed E-state index contributed by atoms with van der Waals surface area (Å²) >= 11 is 0. The van der Waals surface area contributed by atoms with Crippen LogP contribution in [0.5, 0.6) is 0 Å². The number of carbonyl (C=O) groups excluding carboxylic acids is 1. The van der Waals surface area contributed by atoms with Gasteiger partial charge < -0.3 is 18.6 Å². The molecule has 2 aromatic rings. The number of pyridine rings is 1. The molecule has 48 heavy (non-hydrogen) atoms. The lowest BCUT2D eigenvalue weighted by Gasteiger charge is -2.54. The van der Waals surface area contributed by atoms with Crippen LogP contribution in [-0.4, -0.2) is 32.5 Å². The molecule has 1 saturated carbocycles. The second-order valence-electron chi connectivity index (χ2n) is 16.0. The van der Waals surface area contributed by atoms with Gasteiger partial charge in [0, 0.05) is 55.2 Å². The monoisotopic (exact) mass is 684 g/mol. The van der Waals surface area contributed by atoms with E-state index in [1.807, 2.05) is 13.8 Å². The van der Waals surface area contributed by atoms with Crippen LogP contribution in [0.25, 0.3) is 0 Å². The Kier molecular flexibility index (Phi) is 8.71. The molecule has 0 bridgehead atoms. The Balaban J connectivity index is 1.67. The summed E-state index contributed by atoms with van der Waals surface area (Å²) in [5.74, 6) is -0.454. The molecule has 3 heterocycles. The number of nitriles is 1. The predicted molar refractivity (Wildman–Crippen MR) is 176 cm³/mol. The van der Waals surface area contributed by atoms with Gasteiger partial charge in [0.25, 0.3) is 0 Å². The van der Waals surface area contributed by atoms with Crippen LogP contribution < -0.4 is 0 Å². The Morgan fingerprint density at radius 3 is 2.29 bits per heavy atom. The first-order valence-corrected chi connectivity index (χ1v) is 20.0. The van der Waals surface area contributed by atoms with Gasteiger partial charge in [0.05, 0.1) is 34.6 Å². The third-order valence-corrected chi connectivity index (χ3v) is 16.1. The van der Waals surface area contributed by atoms with Gasteiger partial charge in [-0.1, -0.05) is 47.1 Å². The predicted octanol–water partition coefficient (Wildman–Crippen LogP) is 9.46. The van der Waals surface area contributed by atoms with Crippen molar-refractivity contribution in [2.45, 2.75) is 134 Å². The maximum atomic E-state index is 13.9. The highest BCUT2D eigenvalue weighted by atomic mass is 28.4. The Hall–Kier alpha value is -2.78. The molecule has 0 N–H and O–H groups in total. The zero-order chi connectivity index (χ0) is 35.0. The Bertz CT molecular complexity index is 1650. The number of hydrogen-bond donors (Lipinski definition) is 0. The van der Waals surface area contributed by atoms with Gasteiger partial charge in [-0.15, -0.1) is 0 Å². The molecular formula is C37H47F3N2O5Si. The minimum Gasteiger partial charge on any atom is -0.455 e. The normalized spacial score (nSPS) is 24.6. The van der Waals surface area contributed by atoms with Crippen molar-refractivity contribution >= 4 is 14.3 Å². The van der Waals surface area contributed by atoms with Crippen LogP contribution in [0.4, 0.5) is 13.2 Å². The van der Waals surface area contributed by atoms with E-state index in [0.29, 0.717) is 38.0 Å². The third kappa shape index (κ3) is 5.70. The lowest BCUT2D eigenvalue weighted by atomic mass is 9.57. The summed E-state index contributed by atoms with van der Waals surface area (Å²) < 4.78 is 68.1. The number of benzene rings is 1. The second kappa shape index (κ2) is 11.9. The molecule has 2 aliphatic heterocycles. The molecule has 0 unspecified atom stereocenters. The van der Waals surface area contributed by atoms with Crippen molar-refractivity contribution in [3.05, 3.63) is 63.0 Å². The summed E-state index contributed by atoms with van der Waals surface area (Å²) in [4.78, 5) is 18.1. The molecular weight excluding hydrogens is 637 g/mol. The third-order valence-electron chi connectivity index (χ3n) is 11.6. The smallest absolute Gasteiger partial charge is 0.417 e. The van der Waals surface area contributed by atoms with Crippen molar-refractivity contribution in [1.29, 1.82) is 5.26 Å². The maximum Gasteiger partial charge on any atom is 0.417 e. The number of alkyl halides is 3. The number of esters is 1. The molecule has 6 rings (SSSR count). The Labute approximate surface area is 282 Å². The topological polar surface area (TPSA) is 90.7 Å². The quantitative estimate of drug-likeness (QED) is 0.229. The number of hydrogen-bond acceptors (Lipinski definition) is 7. The van der Waals surface area contributed by atoms with Crippen LogP contribution in [0, 0.1) is 16.7 Å². The van der Waals surface area contributed by atoms with E-state index in [-0.39, 0.29) is 28.4 Å². The SMILES string of the molecule is CC(=O)O[C@H]1c2nc(C(C)C)c3c(c2[C@@H](O[Si](C)(C)C(C)(C)C)CC12CCC2)C1(CCOCC1)O[C@@H]3c1ccc(C(F)(F)F)c(C#N)c1. The van der Waals surface area contributed by atoms with Crippen LogP contribution in [0.15, 0.2) is 18.2 Å². The van der Waals surface area contributed by atoms with Crippen LogP contribution in [0.2, 0.25) is 18.1 Å². The molecule has 3 atom stereocenters. The molecule has 260 valence electrons. The number of rotatable bonds is 5. The average molecular weight is 685 g/mol. The Morgan fingerprint density at radius 2 is 1.77 bits per heavy atom. The molecule has 2 fully saturated rings. The zero-order valence-corrected chi connectivity index (χ0v) is 30.3. The summed E-state index contributed by atoms with van der Waals surface area (Å²) in [7, 11) is -2.36. The number of aromatic nitrogens is 1. The first-order chi connectivity index (χ1) is 22.3. The van der Waals surface area contributed by atoms with Crippen molar-refractivity contribution in [3.63, 3.8) is 0 Å². The molecule has 1 aromatic carbocycles. The van der Waals surface area contributed by atoms with Crippen molar-refractivity contribution in [3.8, 4) is 6.07 Å². The van der Waals surface area contributed by atoms with Crippen LogP contribution >= 0.6 is 0 Å². The highest BCUT2D eigenvalue weighted by molar-refractivity contribution is 6.74. The molecule has 0 amide bonds. The maximum absolute atomic E-state index is 13.9. The molecule has 11 heteroatoms. The van der Waals surface area contributed by atoms with E-state index in [1.54, 1.807) is 6.07 Å². The van der Waals surface area contributed by atoms with Gasteiger partial charge in [0.15, 0.2) is 8.32 Å². The van der Waals surface area contributed by atoms with E-state index in [1.165, 1.54) is 19.1 Å². The standard InChI is InChI=1S/C37H47F3N2O5Si/c1-21(2)30-28-29(36(14-16-44-17-15-36)46-32(28)23-10-11-25(37(38,39)40)24(18-23)20-41)27-26(47-48(7,8)34(4,5)6)19-35(12-9-13-35)33(31(27)42-30)45-22(3)43/h10-11,18,21,26,32-33H,9,12-17,19H2,1-8H3/t26-,32+,33-/m0/s1. The molecule has 7 nitrogen and oxygen atoms in total. The Morgan fingerprint density at radius 1 is 1.10 bits per heavy atom. The first kappa shape index (κ1) is 35.1. The van der Waals surface area contributed by atoms with Gasteiger partial charge in [-0.05, 0) is 66.6 Å². The molecule has 2 aliphatic carbocycles. The molecule has 4 aliphatic rings. The van der Waals surface area contributed by atoms with Crippen LogP contribution in [0.1, 0.15) is 149 Å². The number of nitrogens with zero attached hydrogens (tertiary/aromatic N) is 2. The fourth-order valence-corrected chi connectivity index (χ4v) is 9.30. The molecule has 1 aromatic heterocycles. The highest BCUT2D eigenvalue weighted by Gasteiger charge is 2.59. The van der Waals surface area contributed by atoms with E-state index in [9.17, 15) is 23.2 Å². The van der Waals surface area contributed by atoms with E-state index >= 15 is 0 Å². The number of ether oxygens (including phenoxy) is 3. The fraction of sp³-hybridized carbons (Fsp3) is 0.649. The number of halogens is 3. The van der Waals surface area contributed by atoms with Crippen LogP contribution in [0.3, 0.4) is 0 Å². The van der Waals surface area contributed by atoms with E-state index in [2.05, 4.69) is 33.9 Å². The van der Waals surface area contributed by atoms with Gasteiger partial charge in [-0.2, -0.15) is 18.4 Å². The van der Waals surface area contributed by atoms with Crippen molar-refractivity contribution in [2.24, 2.45) is 5.41 Å². The van der Waals surface area contributed by atoms with E-state index < -0.39 is 43.4 Å². The number of fused-ring (bicyclic) bond motifs is 4. The van der Waals surface area contributed by atoms with E-state index in [4.69, 9.17) is 23.6 Å². The molecule has 1 saturated heterocycles. The molecule has 2 spiro atoms. The van der Waals surface area contributed by atoms with Crippen molar-refractivity contribution < 1.29 is 36.6 Å². The summed E-state index contributed by atoms with van der Waals surface area (Å²) in [5, 5.41) is 9.72. The zero-order valence-electron chi connectivity index (χ0n) is 29.3. The average Bonchev–Trinajstić information content (AvgIpc) is 3.29. The minimum atomic E-state index is -4.67. The lowest BCUT2D eigenvalue weighted by Crippen LogP contribution is -2.49. The van der Waals surface area contributed by atoms with Gasteiger partial charge in [-0.25, -0.2) is 0 Å². The summed E-state index contributed by atoms with van der Waals surface area (Å²) in [6.45, 7) is 17.5. The highest BCUT2D eigenvalue weighted by Crippen LogP contribution is 2.65. The second-order valence-corrected chi connectivity index (χ2v) is 20.8. The van der Waals surface area contributed by atoms with E-state index in [0.717, 1.165) is 53.4 Å².